The number of benzene rings is 1. The predicted molar refractivity (Wildman–Crippen MR) is 61.2 cm³/mol. The fourth-order valence-electron chi connectivity index (χ4n) is 1.16. The number of allylic oxidation sites excluding steroid dienone is 2. The fraction of sp³-hybridized carbons (Fsp3) is 0.231. The third-order valence-electron chi connectivity index (χ3n) is 2.04. The molecule has 1 heteroatoms. The summed E-state index contributed by atoms with van der Waals surface area (Å²) >= 11 is 0. The molecule has 0 heterocycles. The Kier molecular flexibility index (Phi) is 3.99. The second-order valence-electron chi connectivity index (χ2n) is 2.98. The van der Waals surface area contributed by atoms with Gasteiger partial charge in [-0.3, -0.25) is 0 Å². The molecule has 0 aliphatic heterocycles. The lowest BCUT2D eigenvalue weighted by Crippen LogP contribution is -1.92. The van der Waals surface area contributed by atoms with E-state index in [4.69, 9.17) is 4.74 Å². The summed E-state index contributed by atoms with van der Waals surface area (Å²) in [5, 5.41) is 0. The molecule has 0 bridgehead atoms. The second kappa shape index (κ2) is 5.28. The first-order chi connectivity index (χ1) is 6.80. The van der Waals surface area contributed by atoms with Gasteiger partial charge in [0.1, 0.15) is 5.75 Å². The largest absolute Gasteiger partial charge is 0.462 e. The number of hydrogen-bond acceptors (Lipinski definition) is 1. The quantitative estimate of drug-likeness (QED) is 0.648. The van der Waals surface area contributed by atoms with Crippen LogP contribution in [0.25, 0.3) is 6.08 Å². The summed E-state index contributed by atoms with van der Waals surface area (Å²) < 4.78 is 5.64. The van der Waals surface area contributed by atoms with Gasteiger partial charge < -0.3 is 4.74 Å². The van der Waals surface area contributed by atoms with Crippen LogP contribution < -0.4 is 4.74 Å². The molecule has 1 rings (SSSR count). The van der Waals surface area contributed by atoms with Crippen molar-refractivity contribution in [3.8, 4) is 5.75 Å². The minimum atomic E-state index is 0.880. The third kappa shape index (κ3) is 2.77. The number of rotatable bonds is 4. The van der Waals surface area contributed by atoms with Crippen molar-refractivity contribution in [1.29, 1.82) is 0 Å². The van der Waals surface area contributed by atoms with Gasteiger partial charge in [0, 0.05) is 6.42 Å². The number of hydrogen-bond donors (Lipinski definition) is 0. The van der Waals surface area contributed by atoms with Crippen LogP contribution in [0.3, 0.4) is 0 Å². The normalized spacial score (nSPS) is 11.1. The van der Waals surface area contributed by atoms with Gasteiger partial charge >= 0.3 is 0 Å². The Morgan fingerprint density at radius 2 is 2.00 bits per heavy atom. The van der Waals surface area contributed by atoms with E-state index in [1.165, 1.54) is 0 Å². The van der Waals surface area contributed by atoms with Crippen molar-refractivity contribution in [3.05, 3.63) is 48.2 Å². The Balaban J connectivity index is 2.73. The van der Waals surface area contributed by atoms with Crippen LogP contribution in [0.15, 0.2) is 42.7 Å². The minimum absolute atomic E-state index is 0.880. The second-order valence-corrected chi connectivity index (χ2v) is 2.98. The monoisotopic (exact) mass is 188 g/mol. The first-order valence-corrected chi connectivity index (χ1v) is 4.85. The van der Waals surface area contributed by atoms with Crippen molar-refractivity contribution in [2.75, 3.05) is 0 Å². The predicted octanol–water partition coefficient (Wildman–Crippen LogP) is 4.02. The SMILES string of the molecule is C=Cc1ccc(OC(=CC)CC)cc1. The summed E-state index contributed by atoms with van der Waals surface area (Å²) in [5.41, 5.74) is 1.11. The molecule has 0 spiro atoms. The highest BCUT2D eigenvalue weighted by Crippen LogP contribution is 2.16. The Bertz CT molecular complexity index is 320. The van der Waals surface area contributed by atoms with E-state index in [2.05, 4.69) is 13.5 Å². The Morgan fingerprint density at radius 1 is 1.36 bits per heavy atom. The van der Waals surface area contributed by atoms with Crippen LogP contribution >= 0.6 is 0 Å². The van der Waals surface area contributed by atoms with Gasteiger partial charge in [-0.05, 0) is 30.7 Å². The van der Waals surface area contributed by atoms with Crippen LogP contribution in [-0.4, -0.2) is 0 Å². The summed E-state index contributed by atoms with van der Waals surface area (Å²) in [6, 6.07) is 7.89. The van der Waals surface area contributed by atoms with Crippen LogP contribution in [-0.2, 0) is 0 Å². The molecule has 1 nitrogen and oxygen atoms in total. The molecule has 1 aromatic rings. The molecule has 0 saturated carbocycles. The third-order valence-corrected chi connectivity index (χ3v) is 2.04. The van der Waals surface area contributed by atoms with E-state index in [1.807, 2.05) is 43.3 Å². The molecule has 1 aromatic carbocycles. The molecule has 0 atom stereocenters. The molecule has 74 valence electrons. The van der Waals surface area contributed by atoms with Gasteiger partial charge in [0.15, 0.2) is 0 Å². The summed E-state index contributed by atoms with van der Waals surface area (Å²) in [6.07, 6.45) is 4.72. The maximum absolute atomic E-state index is 5.64. The zero-order valence-corrected chi connectivity index (χ0v) is 8.79. The van der Waals surface area contributed by atoms with Crippen LogP contribution in [0.4, 0.5) is 0 Å². The maximum atomic E-state index is 5.64. The zero-order valence-electron chi connectivity index (χ0n) is 8.79. The van der Waals surface area contributed by atoms with Crippen LogP contribution in [0.2, 0.25) is 0 Å². The molecule has 14 heavy (non-hydrogen) atoms. The summed E-state index contributed by atoms with van der Waals surface area (Å²) in [7, 11) is 0. The lowest BCUT2D eigenvalue weighted by molar-refractivity contribution is 0.408. The fourth-order valence-corrected chi connectivity index (χ4v) is 1.16. The van der Waals surface area contributed by atoms with Crippen LogP contribution in [0, 0.1) is 0 Å². The van der Waals surface area contributed by atoms with Gasteiger partial charge in [0.25, 0.3) is 0 Å². The van der Waals surface area contributed by atoms with E-state index in [0.717, 1.165) is 23.5 Å². The van der Waals surface area contributed by atoms with Gasteiger partial charge in [0.2, 0.25) is 0 Å². The first kappa shape index (κ1) is 10.6. The van der Waals surface area contributed by atoms with Crippen LogP contribution in [0.5, 0.6) is 5.75 Å². The Morgan fingerprint density at radius 3 is 2.43 bits per heavy atom. The Labute approximate surface area is 85.7 Å². The highest BCUT2D eigenvalue weighted by molar-refractivity contribution is 5.48. The highest BCUT2D eigenvalue weighted by atomic mass is 16.5. The summed E-state index contributed by atoms with van der Waals surface area (Å²) in [5.74, 6) is 1.88. The molecule has 0 N–H and O–H groups in total. The van der Waals surface area contributed by atoms with Crippen LogP contribution in [0.1, 0.15) is 25.8 Å². The van der Waals surface area contributed by atoms with Crippen molar-refractivity contribution in [2.45, 2.75) is 20.3 Å². The van der Waals surface area contributed by atoms with E-state index >= 15 is 0 Å². The zero-order chi connectivity index (χ0) is 10.4. The van der Waals surface area contributed by atoms with Crippen molar-refractivity contribution in [1.82, 2.24) is 0 Å². The summed E-state index contributed by atoms with van der Waals surface area (Å²) in [4.78, 5) is 0. The molecule has 0 fully saturated rings. The maximum Gasteiger partial charge on any atom is 0.126 e. The molecule has 0 radical (unpaired) electrons. The lowest BCUT2D eigenvalue weighted by atomic mass is 10.2. The molecular formula is C13H16O. The van der Waals surface area contributed by atoms with Crippen molar-refractivity contribution in [3.63, 3.8) is 0 Å². The lowest BCUT2D eigenvalue weighted by Gasteiger charge is -2.07. The molecular weight excluding hydrogens is 172 g/mol. The topological polar surface area (TPSA) is 9.23 Å². The molecule has 0 unspecified atom stereocenters. The van der Waals surface area contributed by atoms with Gasteiger partial charge in [-0.15, -0.1) is 0 Å². The Hall–Kier alpha value is -1.50. The first-order valence-electron chi connectivity index (χ1n) is 4.85. The number of ether oxygens (including phenoxy) is 1. The molecule has 0 saturated heterocycles. The molecule has 0 amide bonds. The standard InChI is InChI=1S/C13H16O/c1-4-11-7-9-13(10-8-11)14-12(5-2)6-3/h4-5,7-10H,1,6H2,2-3H3. The van der Waals surface area contributed by atoms with Gasteiger partial charge in [-0.25, -0.2) is 0 Å². The average Bonchev–Trinajstić information content (AvgIpc) is 2.26. The van der Waals surface area contributed by atoms with Crippen molar-refractivity contribution in [2.24, 2.45) is 0 Å². The van der Waals surface area contributed by atoms with Crippen molar-refractivity contribution >= 4 is 6.08 Å². The molecule has 0 aromatic heterocycles. The highest BCUT2D eigenvalue weighted by Gasteiger charge is 1.96. The minimum Gasteiger partial charge on any atom is -0.462 e. The average molecular weight is 188 g/mol. The molecule has 0 aliphatic rings. The van der Waals surface area contributed by atoms with Gasteiger partial charge in [0.05, 0.1) is 5.76 Å². The smallest absolute Gasteiger partial charge is 0.126 e. The van der Waals surface area contributed by atoms with E-state index in [0.29, 0.717) is 0 Å². The molecule has 0 aliphatic carbocycles. The van der Waals surface area contributed by atoms with E-state index in [1.54, 1.807) is 0 Å². The van der Waals surface area contributed by atoms with Crippen molar-refractivity contribution < 1.29 is 4.74 Å². The van der Waals surface area contributed by atoms with Gasteiger partial charge in [-0.1, -0.05) is 31.7 Å². The van der Waals surface area contributed by atoms with E-state index in [-0.39, 0.29) is 0 Å². The van der Waals surface area contributed by atoms with Gasteiger partial charge in [-0.2, -0.15) is 0 Å². The summed E-state index contributed by atoms with van der Waals surface area (Å²) in [6.45, 7) is 7.76. The van der Waals surface area contributed by atoms with E-state index < -0.39 is 0 Å². The van der Waals surface area contributed by atoms with E-state index in [9.17, 15) is 0 Å².